The number of nitrogens with two attached hydrogens (primary N) is 1. The highest BCUT2D eigenvalue weighted by molar-refractivity contribution is 8.00. The van der Waals surface area contributed by atoms with Crippen molar-refractivity contribution in [2.45, 2.75) is 43.4 Å². The molecule has 3 radical (unpaired) electrons. The molecule has 1 aromatic carbocycles. The second kappa shape index (κ2) is 10.5. The molecule has 0 aliphatic carbocycles. The summed E-state index contributed by atoms with van der Waals surface area (Å²) in [6, 6.07) is 6.88. The van der Waals surface area contributed by atoms with Crippen molar-refractivity contribution in [2.75, 3.05) is 24.8 Å². The molecule has 0 bridgehead atoms. The van der Waals surface area contributed by atoms with Crippen LogP contribution in [0.25, 0.3) is 10.2 Å². The van der Waals surface area contributed by atoms with Crippen LogP contribution in [0.1, 0.15) is 27.7 Å². The number of rotatable bonds is 5. The zero-order chi connectivity index (χ0) is 16.8. The molecule has 0 spiro atoms. The van der Waals surface area contributed by atoms with Crippen molar-refractivity contribution in [3.63, 3.8) is 0 Å². The van der Waals surface area contributed by atoms with Gasteiger partial charge in [0.2, 0.25) is 0 Å². The number of fused-ring (bicyclic) bond motifs is 1. The lowest BCUT2D eigenvalue weighted by atomic mass is 10.2. The first-order valence-electron chi connectivity index (χ1n) is 7.26. The Kier molecular flexibility index (Phi) is 10.3. The SMILES string of the molecule is CC(C)NCC(C)(C)Sc1ccc2nc(N)sc2c1.CSC.[B]. The molecule has 0 saturated heterocycles. The molecule has 0 aliphatic rings. The van der Waals surface area contributed by atoms with Gasteiger partial charge in [0, 0.05) is 30.6 Å². The fourth-order valence-corrected chi connectivity index (χ4v) is 3.75. The van der Waals surface area contributed by atoms with E-state index >= 15 is 0 Å². The van der Waals surface area contributed by atoms with Crippen LogP contribution in [0.3, 0.4) is 0 Å². The Morgan fingerprint density at radius 2 is 1.91 bits per heavy atom. The van der Waals surface area contributed by atoms with Crippen LogP contribution in [0, 0.1) is 0 Å². The molecule has 2 aromatic rings. The predicted molar refractivity (Wildman–Crippen MR) is 112 cm³/mol. The van der Waals surface area contributed by atoms with E-state index in [-0.39, 0.29) is 13.2 Å². The van der Waals surface area contributed by atoms with Crippen LogP contribution < -0.4 is 11.1 Å². The van der Waals surface area contributed by atoms with Crippen molar-refractivity contribution in [3.05, 3.63) is 18.2 Å². The first-order chi connectivity index (χ1) is 10.3. The van der Waals surface area contributed by atoms with E-state index in [4.69, 9.17) is 5.73 Å². The van der Waals surface area contributed by atoms with Gasteiger partial charge in [-0.05, 0) is 44.6 Å². The van der Waals surface area contributed by atoms with Crippen molar-refractivity contribution in [1.82, 2.24) is 10.3 Å². The fourth-order valence-electron chi connectivity index (χ4n) is 1.79. The Labute approximate surface area is 155 Å². The van der Waals surface area contributed by atoms with Gasteiger partial charge in [-0.15, -0.1) is 11.8 Å². The maximum atomic E-state index is 5.74. The molecule has 7 heteroatoms. The Hall–Kier alpha value is -0.365. The molecule has 0 amide bonds. The van der Waals surface area contributed by atoms with Crippen LogP contribution in [0.4, 0.5) is 5.13 Å². The van der Waals surface area contributed by atoms with Crippen molar-refractivity contribution in [3.8, 4) is 0 Å². The summed E-state index contributed by atoms with van der Waals surface area (Å²) >= 11 is 5.19. The molecule has 0 fully saturated rings. The van der Waals surface area contributed by atoms with Crippen LogP contribution in [0.5, 0.6) is 0 Å². The lowest BCUT2D eigenvalue weighted by molar-refractivity contribution is 0.532. The van der Waals surface area contributed by atoms with Crippen LogP contribution >= 0.6 is 34.9 Å². The summed E-state index contributed by atoms with van der Waals surface area (Å²) in [7, 11) is 0. The van der Waals surface area contributed by atoms with Crippen LogP contribution in [-0.2, 0) is 0 Å². The van der Waals surface area contributed by atoms with Gasteiger partial charge >= 0.3 is 0 Å². The molecular weight excluding hydrogens is 341 g/mol. The van der Waals surface area contributed by atoms with Crippen molar-refractivity contribution in [2.24, 2.45) is 0 Å². The Bertz CT molecular complexity index is 585. The Morgan fingerprint density at radius 1 is 1.30 bits per heavy atom. The lowest BCUT2D eigenvalue weighted by Crippen LogP contribution is -2.36. The van der Waals surface area contributed by atoms with Crippen LogP contribution in [0.15, 0.2) is 23.1 Å². The molecular formula is C16H27BN3S3. The Morgan fingerprint density at radius 3 is 2.48 bits per heavy atom. The van der Waals surface area contributed by atoms with Crippen molar-refractivity contribution < 1.29 is 0 Å². The topological polar surface area (TPSA) is 50.9 Å². The van der Waals surface area contributed by atoms with Gasteiger partial charge in [-0.3, -0.25) is 0 Å². The number of nitrogen functional groups attached to an aromatic ring is 1. The number of thiazole rings is 1. The molecule has 0 unspecified atom stereocenters. The van der Waals surface area contributed by atoms with E-state index in [9.17, 15) is 0 Å². The van der Waals surface area contributed by atoms with Gasteiger partial charge in [0.1, 0.15) is 0 Å². The van der Waals surface area contributed by atoms with Crippen LogP contribution in [0.2, 0.25) is 0 Å². The molecule has 1 aromatic heterocycles. The number of hydrogen-bond acceptors (Lipinski definition) is 6. The minimum absolute atomic E-state index is 0. The van der Waals surface area contributed by atoms with Crippen LogP contribution in [-0.4, -0.2) is 43.2 Å². The average Bonchev–Trinajstić information content (AvgIpc) is 2.76. The summed E-state index contributed by atoms with van der Waals surface area (Å²) in [5.74, 6) is 0. The number of nitrogens with zero attached hydrogens (tertiary/aromatic N) is 1. The minimum Gasteiger partial charge on any atom is -0.375 e. The molecule has 1 heterocycles. The van der Waals surface area contributed by atoms with Gasteiger partial charge in [-0.25, -0.2) is 4.98 Å². The van der Waals surface area contributed by atoms with E-state index in [2.05, 4.69) is 56.2 Å². The molecule has 2 rings (SSSR count). The monoisotopic (exact) mass is 368 g/mol. The van der Waals surface area contributed by atoms with E-state index < -0.39 is 0 Å². The minimum atomic E-state index is 0. The molecule has 23 heavy (non-hydrogen) atoms. The highest BCUT2D eigenvalue weighted by atomic mass is 32.2. The number of hydrogen-bond donors (Lipinski definition) is 2. The van der Waals surface area contributed by atoms with Crippen molar-refractivity contribution in [1.29, 1.82) is 0 Å². The summed E-state index contributed by atoms with van der Waals surface area (Å²) in [5.41, 5.74) is 6.73. The number of anilines is 1. The van der Waals surface area contributed by atoms with E-state index in [1.807, 2.05) is 24.3 Å². The second-order valence-electron chi connectivity index (χ2n) is 5.99. The third-order valence-electron chi connectivity index (χ3n) is 2.71. The van der Waals surface area contributed by atoms with E-state index in [0.29, 0.717) is 11.2 Å². The zero-order valence-electron chi connectivity index (χ0n) is 14.8. The number of benzene rings is 1. The normalized spacial score (nSPS) is 11.1. The smallest absolute Gasteiger partial charge is 0.181 e. The van der Waals surface area contributed by atoms with E-state index in [1.54, 1.807) is 23.1 Å². The quantitative estimate of drug-likeness (QED) is 0.607. The first kappa shape index (κ1) is 22.6. The highest BCUT2D eigenvalue weighted by Crippen LogP contribution is 2.35. The number of nitrogens with one attached hydrogen (secondary N) is 1. The van der Waals surface area contributed by atoms with Gasteiger partial charge in [-0.1, -0.05) is 25.2 Å². The third kappa shape index (κ3) is 8.33. The molecule has 3 nitrogen and oxygen atoms in total. The summed E-state index contributed by atoms with van der Waals surface area (Å²) in [4.78, 5) is 5.56. The Balaban J connectivity index is 0.00000112. The zero-order valence-corrected chi connectivity index (χ0v) is 17.3. The van der Waals surface area contributed by atoms with E-state index in [1.165, 1.54) is 4.90 Å². The largest absolute Gasteiger partial charge is 0.375 e. The fraction of sp³-hybridized carbons (Fsp3) is 0.562. The summed E-state index contributed by atoms with van der Waals surface area (Å²) in [5, 5.41) is 4.13. The highest BCUT2D eigenvalue weighted by Gasteiger charge is 2.20. The molecule has 3 N–H and O–H groups in total. The lowest BCUT2D eigenvalue weighted by Gasteiger charge is -2.25. The van der Waals surface area contributed by atoms with Crippen molar-refractivity contribution >= 4 is 58.6 Å². The molecule has 0 saturated carbocycles. The summed E-state index contributed by atoms with van der Waals surface area (Å²) in [6.07, 6.45) is 4.08. The maximum absolute atomic E-state index is 5.74. The van der Waals surface area contributed by atoms with E-state index in [0.717, 1.165) is 16.8 Å². The van der Waals surface area contributed by atoms with Gasteiger partial charge in [0.05, 0.1) is 10.2 Å². The first-order valence-corrected chi connectivity index (χ1v) is 10.5. The number of aromatic nitrogens is 1. The summed E-state index contributed by atoms with van der Waals surface area (Å²) < 4.78 is 1.32. The van der Waals surface area contributed by atoms with Gasteiger partial charge in [0.25, 0.3) is 0 Å². The average molecular weight is 368 g/mol. The molecule has 0 aliphatic heterocycles. The number of thioether (sulfide) groups is 2. The molecule has 0 atom stereocenters. The predicted octanol–water partition coefficient (Wildman–Crippen LogP) is 4.35. The third-order valence-corrected chi connectivity index (χ3v) is 4.74. The second-order valence-corrected chi connectivity index (χ2v) is 9.65. The maximum Gasteiger partial charge on any atom is 0.181 e. The molecule has 127 valence electrons. The summed E-state index contributed by atoms with van der Waals surface area (Å²) in [6.45, 7) is 9.86. The standard InChI is InChI=1S/C14H21N3S2.C2H6S.B/c1-9(2)16-8-14(3,4)19-10-5-6-11-12(7-10)18-13(15)17-11;1-3-2;/h5-7,9,16H,8H2,1-4H3,(H2,15,17);1-2H3;. The van der Waals surface area contributed by atoms with Gasteiger partial charge < -0.3 is 11.1 Å². The van der Waals surface area contributed by atoms with Gasteiger partial charge in [0.15, 0.2) is 5.13 Å². The van der Waals surface area contributed by atoms with Gasteiger partial charge in [-0.2, -0.15) is 11.8 Å².